The zero-order valence-electron chi connectivity index (χ0n) is 17.6. The molecule has 0 amide bonds. The maximum Gasteiger partial charge on any atom is 0.208 e. The highest BCUT2D eigenvalue weighted by Crippen LogP contribution is 2.18. The second kappa shape index (κ2) is 10.4. The molecule has 0 N–H and O–H groups in total. The molecule has 0 bridgehead atoms. The first-order valence-electron chi connectivity index (χ1n) is 9.62. The topological polar surface area (TPSA) is 78.0 Å². The molecule has 4 heterocycles. The number of aliphatic imine (C=N–C) groups is 1. The summed E-state index contributed by atoms with van der Waals surface area (Å²) in [6.45, 7) is 7.96. The lowest BCUT2D eigenvalue weighted by molar-refractivity contribution is 0.101. The average molecular weight is 398 g/mol. The SMILES string of the molecule is CC.CC(=O)c1nccc2c1nc(Cn1ccnc1)n2C.CC1=NC(F)=CCC1. The predicted molar refractivity (Wildman–Crippen MR) is 113 cm³/mol. The highest BCUT2D eigenvalue weighted by atomic mass is 19.1. The second-order valence-electron chi connectivity index (χ2n) is 6.32. The third kappa shape index (κ3) is 5.66. The Kier molecular flexibility index (Phi) is 7.94. The number of carbonyl (C=O) groups is 1. The van der Waals surface area contributed by atoms with E-state index in [9.17, 15) is 9.18 Å². The molecule has 3 aromatic heterocycles. The van der Waals surface area contributed by atoms with Crippen LogP contribution in [0.4, 0.5) is 4.39 Å². The standard InChI is InChI=1S/C13H13N5O.C6H8FN.C2H6/c1-9(19)12-13-10(3-4-15-12)17(2)11(16-13)7-18-6-5-14-8-18;1-5-3-2-4-6(7)8-5;1-2/h3-6,8H,7H2,1-2H3;4H,2-3H2,1H3;1-2H3. The van der Waals surface area contributed by atoms with Crippen molar-refractivity contribution in [1.82, 2.24) is 24.1 Å². The molecule has 3 aromatic rings. The minimum Gasteiger partial charge on any atom is -0.330 e. The minimum absolute atomic E-state index is 0.0714. The van der Waals surface area contributed by atoms with E-state index in [2.05, 4.69) is 19.9 Å². The predicted octanol–water partition coefficient (Wildman–Crippen LogP) is 4.49. The van der Waals surface area contributed by atoms with Crippen LogP contribution in [0.5, 0.6) is 0 Å². The van der Waals surface area contributed by atoms with E-state index in [1.807, 2.05) is 49.2 Å². The summed E-state index contributed by atoms with van der Waals surface area (Å²) in [6, 6.07) is 1.87. The van der Waals surface area contributed by atoms with Gasteiger partial charge in [0.05, 0.1) is 18.4 Å². The van der Waals surface area contributed by atoms with Gasteiger partial charge in [0, 0.05) is 38.3 Å². The van der Waals surface area contributed by atoms with Crippen molar-refractivity contribution in [2.24, 2.45) is 12.0 Å². The van der Waals surface area contributed by atoms with Crippen molar-refractivity contribution in [1.29, 1.82) is 0 Å². The van der Waals surface area contributed by atoms with Crippen LogP contribution in [-0.2, 0) is 13.6 Å². The van der Waals surface area contributed by atoms with Crippen molar-refractivity contribution in [3.05, 3.63) is 54.5 Å². The van der Waals surface area contributed by atoms with Crippen LogP contribution in [0, 0.1) is 0 Å². The van der Waals surface area contributed by atoms with Crippen LogP contribution >= 0.6 is 0 Å². The average Bonchev–Trinajstić information content (AvgIpc) is 3.32. The third-order valence-electron chi connectivity index (χ3n) is 4.23. The minimum atomic E-state index is -0.325. The first-order chi connectivity index (χ1) is 14.0. The van der Waals surface area contributed by atoms with Crippen LogP contribution in [0.3, 0.4) is 0 Å². The van der Waals surface area contributed by atoms with Gasteiger partial charge in [0.15, 0.2) is 5.78 Å². The van der Waals surface area contributed by atoms with Crippen molar-refractivity contribution in [2.45, 2.75) is 47.1 Å². The van der Waals surface area contributed by atoms with E-state index < -0.39 is 0 Å². The first-order valence-corrected chi connectivity index (χ1v) is 9.62. The van der Waals surface area contributed by atoms with E-state index >= 15 is 0 Å². The molecule has 7 nitrogen and oxygen atoms in total. The number of halogens is 1. The second-order valence-corrected chi connectivity index (χ2v) is 6.32. The van der Waals surface area contributed by atoms with Gasteiger partial charge in [-0.05, 0) is 31.9 Å². The van der Waals surface area contributed by atoms with Crippen molar-refractivity contribution < 1.29 is 9.18 Å². The Morgan fingerprint density at radius 1 is 1.28 bits per heavy atom. The molecule has 4 rings (SSSR count). The molecule has 0 saturated carbocycles. The largest absolute Gasteiger partial charge is 0.330 e. The third-order valence-corrected chi connectivity index (χ3v) is 4.23. The van der Waals surface area contributed by atoms with Crippen LogP contribution < -0.4 is 0 Å². The molecule has 1 aliphatic heterocycles. The molecule has 0 atom stereocenters. The van der Waals surface area contributed by atoms with Crippen molar-refractivity contribution in [2.75, 3.05) is 0 Å². The van der Waals surface area contributed by atoms with Gasteiger partial charge in [0.2, 0.25) is 5.95 Å². The van der Waals surface area contributed by atoms with Crippen LogP contribution in [0.25, 0.3) is 11.0 Å². The summed E-state index contributed by atoms with van der Waals surface area (Å²) < 4.78 is 16.0. The highest BCUT2D eigenvalue weighted by Gasteiger charge is 2.14. The Balaban J connectivity index is 0.000000252. The molecule has 0 aliphatic carbocycles. The molecule has 0 fully saturated rings. The number of nitrogens with zero attached hydrogens (tertiary/aromatic N) is 6. The summed E-state index contributed by atoms with van der Waals surface area (Å²) in [6.07, 6.45) is 10.2. The lowest BCUT2D eigenvalue weighted by Gasteiger charge is -2.02. The Bertz CT molecular complexity index is 1020. The number of aromatic nitrogens is 5. The Hall–Kier alpha value is -3.16. The van der Waals surface area contributed by atoms with E-state index in [1.54, 1.807) is 18.7 Å². The number of pyridine rings is 1. The van der Waals surface area contributed by atoms with Gasteiger partial charge in [0.25, 0.3) is 0 Å². The Labute approximate surface area is 170 Å². The lowest BCUT2D eigenvalue weighted by atomic mass is 10.2. The summed E-state index contributed by atoms with van der Waals surface area (Å²) in [4.78, 5) is 27.8. The Morgan fingerprint density at radius 2 is 2.03 bits per heavy atom. The number of rotatable bonds is 3. The van der Waals surface area contributed by atoms with E-state index in [0.29, 0.717) is 17.8 Å². The number of Topliss-reactive ketones (excluding diaryl/α,β-unsaturated/α-hetero) is 1. The van der Waals surface area contributed by atoms with Crippen LogP contribution in [0.2, 0.25) is 0 Å². The molecule has 154 valence electrons. The fourth-order valence-electron chi connectivity index (χ4n) is 2.79. The first kappa shape index (κ1) is 22.1. The molecule has 0 spiro atoms. The van der Waals surface area contributed by atoms with E-state index in [4.69, 9.17) is 0 Å². The zero-order chi connectivity index (χ0) is 21.4. The number of hydrogen-bond donors (Lipinski definition) is 0. The molecule has 8 heteroatoms. The monoisotopic (exact) mass is 398 g/mol. The molecule has 0 unspecified atom stereocenters. The smallest absolute Gasteiger partial charge is 0.208 e. The van der Waals surface area contributed by atoms with Crippen LogP contribution in [-0.4, -0.2) is 35.6 Å². The summed E-state index contributed by atoms with van der Waals surface area (Å²) in [5.41, 5.74) is 2.89. The van der Waals surface area contributed by atoms with Crippen LogP contribution in [0.15, 0.2) is 48.0 Å². The van der Waals surface area contributed by atoms with Crippen molar-refractivity contribution in [3.63, 3.8) is 0 Å². The van der Waals surface area contributed by atoms with E-state index in [1.165, 1.54) is 13.0 Å². The van der Waals surface area contributed by atoms with Gasteiger partial charge < -0.3 is 9.13 Å². The van der Waals surface area contributed by atoms with Gasteiger partial charge in [-0.25, -0.2) is 15.0 Å². The Morgan fingerprint density at radius 3 is 2.59 bits per heavy atom. The van der Waals surface area contributed by atoms with Gasteiger partial charge >= 0.3 is 0 Å². The maximum absolute atomic E-state index is 12.1. The van der Waals surface area contributed by atoms with E-state index in [-0.39, 0.29) is 11.7 Å². The molecular weight excluding hydrogens is 371 g/mol. The highest BCUT2D eigenvalue weighted by molar-refractivity contribution is 6.02. The lowest BCUT2D eigenvalue weighted by Crippen LogP contribution is -2.03. The summed E-state index contributed by atoms with van der Waals surface area (Å²) in [5, 5.41) is 0. The van der Waals surface area contributed by atoms with Gasteiger partial charge in [-0.15, -0.1) is 0 Å². The fraction of sp³-hybridized carbons (Fsp3) is 0.381. The number of allylic oxidation sites excluding steroid dienone is 1. The number of hydrogen-bond acceptors (Lipinski definition) is 5. The summed E-state index contributed by atoms with van der Waals surface area (Å²) in [5.74, 6) is 0.468. The number of imidazole rings is 2. The number of ketones is 1. The van der Waals surface area contributed by atoms with Crippen LogP contribution in [0.1, 0.15) is 56.8 Å². The fourth-order valence-corrected chi connectivity index (χ4v) is 2.79. The number of fused-ring (bicyclic) bond motifs is 1. The normalized spacial score (nSPS) is 12.9. The van der Waals surface area contributed by atoms with Crippen molar-refractivity contribution >= 4 is 22.5 Å². The molecule has 0 aromatic carbocycles. The maximum atomic E-state index is 12.1. The van der Waals surface area contributed by atoms with Gasteiger partial charge in [-0.1, -0.05) is 13.8 Å². The van der Waals surface area contributed by atoms with Crippen molar-refractivity contribution in [3.8, 4) is 0 Å². The quantitative estimate of drug-likeness (QED) is 0.481. The molecule has 0 saturated heterocycles. The van der Waals surface area contributed by atoms with E-state index in [0.717, 1.165) is 29.9 Å². The zero-order valence-corrected chi connectivity index (χ0v) is 17.6. The summed E-state index contributed by atoms with van der Waals surface area (Å²) in [7, 11) is 1.94. The van der Waals surface area contributed by atoms with Gasteiger partial charge in [-0.3, -0.25) is 9.78 Å². The summed E-state index contributed by atoms with van der Waals surface area (Å²) >= 11 is 0. The molecule has 0 radical (unpaired) electrons. The number of aryl methyl sites for hydroxylation is 1. The van der Waals surface area contributed by atoms with Gasteiger partial charge in [0.1, 0.15) is 17.0 Å². The van der Waals surface area contributed by atoms with Gasteiger partial charge in [-0.2, -0.15) is 4.39 Å². The molecule has 1 aliphatic rings. The molecule has 29 heavy (non-hydrogen) atoms. The molecular formula is C21H27FN6O. The number of carbonyl (C=O) groups excluding carboxylic acids is 1.